The van der Waals surface area contributed by atoms with Gasteiger partial charge in [0.05, 0.1) is 12.0 Å². The van der Waals surface area contributed by atoms with Gasteiger partial charge >= 0.3 is 0 Å². The van der Waals surface area contributed by atoms with Gasteiger partial charge in [-0.2, -0.15) is 4.57 Å². The third kappa shape index (κ3) is 1.51. The van der Waals surface area contributed by atoms with E-state index < -0.39 is 0 Å². The Morgan fingerprint density at radius 2 is 1.86 bits per heavy atom. The molecule has 4 heterocycles. The predicted molar refractivity (Wildman–Crippen MR) is 82.4 cm³/mol. The summed E-state index contributed by atoms with van der Waals surface area (Å²) in [7, 11) is 0. The third-order valence-corrected chi connectivity index (χ3v) is 5.63. The van der Waals surface area contributed by atoms with Crippen molar-refractivity contribution in [1.82, 2.24) is 4.90 Å². The number of aromatic nitrogens is 1. The molecule has 3 nitrogen and oxygen atoms in total. The van der Waals surface area contributed by atoms with Crippen molar-refractivity contribution in [3.8, 4) is 0 Å². The molecule has 0 radical (unpaired) electrons. The second-order valence-electron chi connectivity index (χ2n) is 6.65. The van der Waals surface area contributed by atoms with Crippen LogP contribution < -0.4 is 4.57 Å². The van der Waals surface area contributed by atoms with Crippen LogP contribution >= 0.6 is 0 Å². The Labute approximate surface area is 130 Å². The van der Waals surface area contributed by atoms with Crippen LogP contribution in [0.1, 0.15) is 48.0 Å². The van der Waals surface area contributed by atoms with Gasteiger partial charge in [0, 0.05) is 37.1 Å². The topological polar surface area (TPSA) is 24.2 Å². The molecule has 0 saturated carbocycles. The van der Waals surface area contributed by atoms with Gasteiger partial charge in [0.2, 0.25) is 5.91 Å². The molecule has 2 bridgehead atoms. The van der Waals surface area contributed by atoms with Crippen molar-refractivity contribution in [1.29, 1.82) is 0 Å². The molecule has 110 valence electrons. The zero-order valence-corrected chi connectivity index (χ0v) is 12.5. The summed E-state index contributed by atoms with van der Waals surface area (Å²) in [6, 6.07) is 16.0. The number of pyridine rings is 1. The van der Waals surface area contributed by atoms with E-state index in [1.807, 2.05) is 0 Å². The van der Waals surface area contributed by atoms with Crippen molar-refractivity contribution in [2.45, 2.75) is 37.3 Å². The maximum Gasteiger partial charge on any atom is 0.222 e. The van der Waals surface area contributed by atoms with Gasteiger partial charge in [0.1, 0.15) is 0 Å². The quantitative estimate of drug-likeness (QED) is 0.740. The normalized spacial score (nSPS) is 28.6. The van der Waals surface area contributed by atoms with E-state index in [1.165, 1.54) is 16.8 Å². The van der Waals surface area contributed by atoms with Gasteiger partial charge in [0.15, 0.2) is 17.9 Å². The lowest BCUT2D eigenvalue weighted by molar-refractivity contribution is -0.731. The van der Waals surface area contributed by atoms with Gasteiger partial charge in [-0.3, -0.25) is 4.79 Å². The first-order valence-electron chi connectivity index (χ1n) is 8.23. The fourth-order valence-electron chi connectivity index (χ4n) is 4.76. The van der Waals surface area contributed by atoms with Crippen LogP contribution in [-0.4, -0.2) is 23.4 Å². The van der Waals surface area contributed by atoms with Gasteiger partial charge in [0.25, 0.3) is 0 Å². The van der Waals surface area contributed by atoms with E-state index in [0.717, 1.165) is 25.8 Å². The zero-order chi connectivity index (χ0) is 14.7. The molecule has 3 heteroatoms. The molecule has 0 spiro atoms. The summed E-state index contributed by atoms with van der Waals surface area (Å²) < 4.78 is 2.42. The molecule has 1 aromatic carbocycles. The predicted octanol–water partition coefficient (Wildman–Crippen LogP) is 2.40. The molecule has 3 atom stereocenters. The highest BCUT2D eigenvalue weighted by Crippen LogP contribution is 2.47. The van der Waals surface area contributed by atoms with Crippen LogP contribution in [-0.2, 0) is 4.79 Å². The van der Waals surface area contributed by atoms with E-state index in [9.17, 15) is 4.79 Å². The van der Waals surface area contributed by atoms with Crippen LogP contribution in [0.3, 0.4) is 0 Å². The Balaban J connectivity index is 1.70. The Hall–Kier alpha value is -2.16. The van der Waals surface area contributed by atoms with Gasteiger partial charge in [-0.1, -0.05) is 30.3 Å². The average Bonchev–Trinajstić information content (AvgIpc) is 3.01. The molecule has 1 aliphatic carbocycles. The summed E-state index contributed by atoms with van der Waals surface area (Å²) in [5.41, 5.74) is 4.23. The van der Waals surface area contributed by atoms with Crippen molar-refractivity contribution in [3.05, 3.63) is 65.5 Å². The highest BCUT2D eigenvalue weighted by atomic mass is 16.2. The fraction of sp³-hybridized carbons (Fsp3) is 0.368. The van der Waals surface area contributed by atoms with Crippen molar-refractivity contribution < 1.29 is 9.36 Å². The smallest absolute Gasteiger partial charge is 0.222 e. The van der Waals surface area contributed by atoms with Crippen LogP contribution in [0, 0.1) is 0 Å². The van der Waals surface area contributed by atoms with Crippen LogP contribution in [0.2, 0.25) is 0 Å². The monoisotopic (exact) mass is 291 g/mol. The molecule has 1 saturated heterocycles. The van der Waals surface area contributed by atoms with Crippen LogP contribution in [0.25, 0.3) is 0 Å². The minimum Gasteiger partial charge on any atom is -0.338 e. The van der Waals surface area contributed by atoms with E-state index >= 15 is 0 Å². The summed E-state index contributed by atoms with van der Waals surface area (Å²) in [6.45, 7) is 0.932. The second-order valence-corrected chi connectivity index (χ2v) is 6.65. The number of fused-ring (bicyclic) bond motifs is 1. The Morgan fingerprint density at radius 1 is 1.05 bits per heavy atom. The minimum absolute atomic E-state index is 0.324. The molecule has 4 aliphatic rings. The van der Waals surface area contributed by atoms with Crippen LogP contribution in [0.5, 0.6) is 0 Å². The van der Waals surface area contributed by atoms with E-state index in [4.69, 9.17) is 0 Å². The standard InChI is InChI=1S/C19H19N2O/c22-18-9-5-11-21(18)17-12-16-13-6-1-2-7-14(13)19(17)15-8-3-4-10-20(15)16/h1-4,6-8,10,16-17,19H,5,9,11-12H2/q+1/t16-,17-,19+/m1/s1. The van der Waals surface area contributed by atoms with E-state index in [-0.39, 0.29) is 0 Å². The Kier molecular flexibility index (Phi) is 2.49. The van der Waals surface area contributed by atoms with Gasteiger partial charge < -0.3 is 4.90 Å². The molecule has 0 unspecified atom stereocenters. The SMILES string of the molecule is O=C1CCCN1[C@@H]1C[C@@H]2c3ccccc3[C@H]1c1cccc[n+]12. The summed E-state index contributed by atoms with van der Waals surface area (Å²) in [4.78, 5) is 14.4. The average molecular weight is 291 g/mol. The lowest BCUT2D eigenvalue weighted by Gasteiger charge is -2.43. The van der Waals surface area contributed by atoms with Crippen LogP contribution in [0.4, 0.5) is 0 Å². The Bertz CT molecular complexity index is 722. The maximum absolute atomic E-state index is 12.3. The lowest BCUT2D eigenvalue weighted by atomic mass is 9.70. The fourth-order valence-corrected chi connectivity index (χ4v) is 4.76. The van der Waals surface area contributed by atoms with Crippen LogP contribution in [0.15, 0.2) is 48.7 Å². The zero-order valence-electron chi connectivity index (χ0n) is 12.5. The molecule has 1 aromatic heterocycles. The lowest BCUT2D eigenvalue weighted by Crippen LogP contribution is -2.59. The summed E-state index contributed by atoms with van der Waals surface area (Å²) in [6.07, 6.45) is 4.99. The number of benzene rings is 1. The maximum atomic E-state index is 12.3. The van der Waals surface area contributed by atoms with Crippen molar-refractivity contribution in [2.24, 2.45) is 0 Å². The second kappa shape index (κ2) is 4.42. The first kappa shape index (κ1) is 12.4. The summed E-state index contributed by atoms with van der Waals surface area (Å²) in [5.74, 6) is 0.668. The van der Waals surface area contributed by atoms with Crippen molar-refractivity contribution in [3.63, 3.8) is 0 Å². The number of amides is 1. The van der Waals surface area contributed by atoms with E-state index in [0.29, 0.717) is 23.9 Å². The van der Waals surface area contributed by atoms with Gasteiger partial charge in [-0.05, 0) is 12.0 Å². The van der Waals surface area contributed by atoms with Gasteiger partial charge in [-0.15, -0.1) is 0 Å². The molecule has 0 N–H and O–H groups in total. The third-order valence-electron chi connectivity index (χ3n) is 5.63. The van der Waals surface area contributed by atoms with Crippen molar-refractivity contribution >= 4 is 5.91 Å². The largest absolute Gasteiger partial charge is 0.338 e. The molecule has 3 aliphatic heterocycles. The highest BCUT2D eigenvalue weighted by Gasteiger charge is 2.52. The molecular formula is C19H19N2O+. The summed E-state index contributed by atoms with van der Waals surface area (Å²) in [5, 5.41) is 0. The number of nitrogens with zero attached hydrogens (tertiary/aromatic N) is 2. The van der Waals surface area contributed by atoms with E-state index in [1.54, 1.807) is 0 Å². The molecule has 6 rings (SSSR count). The molecule has 2 aromatic rings. The molecule has 22 heavy (non-hydrogen) atoms. The number of likely N-dealkylation sites (tertiary alicyclic amines) is 1. The molecule has 1 fully saturated rings. The molecular weight excluding hydrogens is 272 g/mol. The van der Waals surface area contributed by atoms with Crippen molar-refractivity contribution in [2.75, 3.05) is 6.54 Å². The number of rotatable bonds is 1. The summed E-state index contributed by atoms with van der Waals surface area (Å²) >= 11 is 0. The van der Waals surface area contributed by atoms with E-state index in [2.05, 4.69) is 58.1 Å². The number of carbonyl (C=O) groups excluding carboxylic acids is 1. The number of hydrogen-bond donors (Lipinski definition) is 0. The molecule has 1 amide bonds. The number of hydrogen-bond acceptors (Lipinski definition) is 1. The first-order valence-corrected chi connectivity index (χ1v) is 8.23. The minimum atomic E-state index is 0.324. The first-order chi connectivity index (χ1) is 10.8. The van der Waals surface area contributed by atoms with Gasteiger partial charge in [-0.25, -0.2) is 0 Å². The number of carbonyl (C=O) groups is 1. The Morgan fingerprint density at radius 3 is 2.68 bits per heavy atom. The highest BCUT2D eigenvalue weighted by molar-refractivity contribution is 5.78.